The van der Waals surface area contributed by atoms with Gasteiger partial charge in [-0.15, -0.1) is 0 Å². The van der Waals surface area contributed by atoms with Crippen LogP contribution in [0.15, 0.2) is 18.2 Å². The Hall–Kier alpha value is -1.09. The maximum Gasteiger partial charge on any atom is 0.125 e. The molecule has 3 heteroatoms. The predicted molar refractivity (Wildman–Crippen MR) is 64.7 cm³/mol. The maximum absolute atomic E-state index is 12.9. The van der Waals surface area contributed by atoms with Crippen molar-refractivity contribution in [1.29, 1.82) is 0 Å². The molecule has 2 nitrogen and oxygen atoms in total. The highest BCUT2D eigenvalue weighted by molar-refractivity contribution is 5.46. The molecular weight excluding hydrogens is 203 g/mol. The summed E-state index contributed by atoms with van der Waals surface area (Å²) in [5.41, 5.74) is 7.46. The lowest BCUT2D eigenvalue weighted by atomic mass is 9.91. The van der Waals surface area contributed by atoms with Gasteiger partial charge in [0, 0.05) is 5.69 Å². The lowest BCUT2D eigenvalue weighted by molar-refractivity contribution is 0.354. The fraction of sp³-hybridized carbons (Fsp3) is 0.538. The average molecular weight is 222 g/mol. The van der Waals surface area contributed by atoms with Crippen molar-refractivity contribution in [3.8, 4) is 0 Å². The summed E-state index contributed by atoms with van der Waals surface area (Å²) in [4.78, 5) is 0. The number of hydrogen-bond donors (Lipinski definition) is 2. The number of piperidine rings is 1. The van der Waals surface area contributed by atoms with Crippen LogP contribution in [0.3, 0.4) is 0 Å². The molecule has 1 heterocycles. The molecule has 1 fully saturated rings. The standard InChI is InChI=1S/C13H19FN2/c14-12-4-3-11(13(15)9-12)2-1-10-5-7-16-8-6-10/h3-4,9-10,16H,1-2,5-8,15H2. The minimum Gasteiger partial charge on any atom is -0.398 e. The fourth-order valence-corrected chi connectivity index (χ4v) is 2.32. The van der Waals surface area contributed by atoms with Gasteiger partial charge in [0.05, 0.1) is 0 Å². The van der Waals surface area contributed by atoms with Crippen molar-refractivity contribution in [3.05, 3.63) is 29.6 Å². The van der Waals surface area contributed by atoms with Crippen molar-refractivity contribution in [2.24, 2.45) is 5.92 Å². The van der Waals surface area contributed by atoms with Gasteiger partial charge in [-0.2, -0.15) is 0 Å². The van der Waals surface area contributed by atoms with Crippen molar-refractivity contribution in [1.82, 2.24) is 5.32 Å². The van der Waals surface area contributed by atoms with Gasteiger partial charge in [-0.25, -0.2) is 4.39 Å². The summed E-state index contributed by atoms with van der Waals surface area (Å²) in [6.07, 6.45) is 4.64. The highest BCUT2D eigenvalue weighted by Gasteiger charge is 2.13. The van der Waals surface area contributed by atoms with E-state index in [-0.39, 0.29) is 5.82 Å². The van der Waals surface area contributed by atoms with Crippen LogP contribution in [-0.4, -0.2) is 13.1 Å². The second-order valence-corrected chi connectivity index (χ2v) is 4.58. The van der Waals surface area contributed by atoms with Crippen LogP contribution in [0.5, 0.6) is 0 Å². The minimum atomic E-state index is -0.247. The first-order valence-corrected chi connectivity index (χ1v) is 6.00. The molecule has 2 rings (SSSR count). The van der Waals surface area contributed by atoms with Crippen molar-refractivity contribution in [3.63, 3.8) is 0 Å². The van der Waals surface area contributed by atoms with Crippen molar-refractivity contribution < 1.29 is 4.39 Å². The summed E-state index contributed by atoms with van der Waals surface area (Å²) in [6, 6.07) is 4.72. The van der Waals surface area contributed by atoms with Crippen LogP contribution in [0.25, 0.3) is 0 Å². The first-order chi connectivity index (χ1) is 7.75. The maximum atomic E-state index is 12.9. The highest BCUT2D eigenvalue weighted by atomic mass is 19.1. The molecule has 0 atom stereocenters. The first-order valence-electron chi connectivity index (χ1n) is 6.00. The van der Waals surface area contributed by atoms with Gasteiger partial charge in [0.15, 0.2) is 0 Å². The molecule has 0 bridgehead atoms. The van der Waals surface area contributed by atoms with E-state index in [0.717, 1.165) is 37.4 Å². The van der Waals surface area contributed by atoms with Gasteiger partial charge in [0.25, 0.3) is 0 Å². The zero-order valence-corrected chi connectivity index (χ0v) is 9.51. The minimum absolute atomic E-state index is 0.247. The number of hydrogen-bond acceptors (Lipinski definition) is 2. The van der Waals surface area contributed by atoms with Gasteiger partial charge < -0.3 is 11.1 Å². The Morgan fingerprint density at radius 2 is 2.06 bits per heavy atom. The topological polar surface area (TPSA) is 38.0 Å². The zero-order chi connectivity index (χ0) is 11.4. The van der Waals surface area contributed by atoms with Crippen LogP contribution < -0.4 is 11.1 Å². The van der Waals surface area contributed by atoms with Gasteiger partial charge in [-0.3, -0.25) is 0 Å². The van der Waals surface area contributed by atoms with E-state index in [1.807, 2.05) is 6.07 Å². The van der Waals surface area contributed by atoms with E-state index >= 15 is 0 Å². The number of nitrogens with two attached hydrogens (primary N) is 1. The number of aryl methyl sites for hydroxylation is 1. The largest absolute Gasteiger partial charge is 0.398 e. The third-order valence-electron chi connectivity index (χ3n) is 3.39. The summed E-state index contributed by atoms with van der Waals surface area (Å²) in [6.45, 7) is 2.26. The summed E-state index contributed by atoms with van der Waals surface area (Å²) in [7, 11) is 0. The number of rotatable bonds is 3. The van der Waals surface area contributed by atoms with Crippen LogP contribution in [-0.2, 0) is 6.42 Å². The van der Waals surface area contributed by atoms with Crippen LogP contribution in [0, 0.1) is 11.7 Å². The molecule has 3 N–H and O–H groups in total. The summed E-state index contributed by atoms with van der Waals surface area (Å²) >= 11 is 0. The number of anilines is 1. The number of nitrogen functional groups attached to an aromatic ring is 1. The van der Waals surface area contributed by atoms with E-state index < -0.39 is 0 Å². The molecule has 0 spiro atoms. The van der Waals surface area contributed by atoms with Gasteiger partial charge >= 0.3 is 0 Å². The predicted octanol–water partition coefficient (Wildman–Crippen LogP) is 2.34. The van der Waals surface area contributed by atoms with Crippen LogP contribution >= 0.6 is 0 Å². The van der Waals surface area contributed by atoms with E-state index in [2.05, 4.69) is 5.32 Å². The summed E-state index contributed by atoms with van der Waals surface area (Å²) in [5, 5.41) is 3.36. The van der Waals surface area contributed by atoms with E-state index in [4.69, 9.17) is 5.73 Å². The molecule has 88 valence electrons. The van der Waals surface area contributed by atoms with E-state index in [1.165, 1.54) is 25.0 Å². The number of benzene rings is 1. The molecule has 0 aromatic heterocycles. The SMILES string of the molecule is Nc1cc(F)ccc1CCC1CCNCC1. The molecule has 16 heavy (non-hydrogen) atoms. The smallest absolute Gasteiger partial charge is 0.125 e. The molecule has 0 unspecified atom stereocenters. The van der Waals surface area contributed by atoms with Gasteiger partial charge in [-0.05, 0) is 62.4 Å². The Kier molecular flexibility index (Phi) is 3.78. The van der Waals surface area contributed by atoms with Gasteiger partial charge in [0.2, 0.25) is 0 Å². The van der Waals surface area contributed by atoms with Crippen molar-refractivity contribution in [2.75, 3.05) is 18.8 Å². The Balaban J connectivity index is 1.88. The molecular formula is C13H19FN2. The van der Waals surface area contributed by atoms with Crippen LogP contribution in [0.2, 0.25) is 0 Å². The third-order valence-corrected chi connectivity index (χ3v) is 3.39. The first kappa shape index (κ1) is 11.4. The Bertz CT molecular complexity index is 346. The summed E-state index contributed by atoms with van der Waals surface area (Å²) < 4.78 is 12.9. The Labute approximate surface area is 96.0 Å². The van der Waals surface area contributed by atoms with Crippen LogP contribution in [0.1, 0.15) is 24.8 Å². The molecule has 0 radical (unpaired) electrons. The lowest BCUT2D eigenvalue weighted by Crippen LogP contribution is -2.27. The Morgan fingerprint density at radius 1 is 1.31 bits per heavy atom. The molecule has 0 amide bonds. The van der Waals surface area contributed by atoms with Crippen molar-refractivity contribution >= 4 is 5.69 Å². The zero-order valence-electron chi connectivity index (χ0n) is 9.51. The molecule has 1 aliphatic heterocycles. The fourth-order valence-electron chi connectivity index (χ4n) is 2.32. The van der Waals surface area contributed by atoms with Gasteiger partial charge in [0.1, 0.15) is 5.82 Å². The normalized spacial score (nSPS) is 17.6. The monoisotopic (exact) mass is 222 g/mol. The molecule has 1 aromatic rings. The molecule has 0 aliphatic carbocycles. The van der Waals surface area contributed by atoms with E-state index in [9.17, 15) is 4.39 Å². The molecule has 1 aliphatic rings. The Morgan fingerprint density at radius 3 is 2.75 bits per heavy atom. The third kappa shape index (κ3) is 2.95. The second kappa shape index (κ2) is 5.30. The highest BCUT2D eigenvalue weighted by Crippen LogP contribution is 2.21. The molecule has 1 saturated heterocycles. The molecule has 0 saturated carbocycles. The van der Waals surface area contributed by atoms with E-state index in [1.54, 1.807) is 0 Å². The molecule has 1 aromatic carbocycles. The van der Waals surface area contributed by atoms with Crippen LogP contribution in [0.4, 0.5) is 10.1 Å². The lowest BCUT2D eigenvalue weighted by Gasteiger charge is -2.22. The van der Waals surface area contributed by atoms with E-state index in [0.29, 0.717) is 5.69 Å². The number of nitrogens with one attached hydrogen (secondary N) is 1. The summed E-state index contributed by atoms with van der Waals surface area (Å²) in [5.74, 6) is 0.550. The van der Waals surface area contributed by atoms with Gasteiger partial charge in [-0.1, -0.05) is 6.07 Å². The quantitative estimate of drug-likeness (QED) is 0.770. The number of halogens is 1. The second-order valence-electron chi connectivity index (χ2n) is 4.58. The average Bonchev–Trinajstić information content (AvgIpc) is 2.29. The van der Waals surface area contributed by atoms with Crippen molar-refractivity contribution in [2.45, 2.75) is 25.7 Å².